The SMILES string of the molecule is CCCCCN(CC(=O)Nc1cc(C(C)(C)C)nn1-c1ccccc1Cl)C(=O)c1ccc(C)c([N+](=O)[O-])c1. The topological polar surface area (TPSA) is 110 Å². The molecule has 0 saturated heterocycles. The molecule has 202 valence electrons. The van der Waals surface area contributed by atoms with Crippen LogP contribution in [0.25, 0.3) is 5.69 Å². The molecule has 1 aromatic heterocycles. The lowest BCUT2D eigenvalue weighted by Gasteiger charge is -2.22. The first-order chi connectivity index (χ1) is 17.9. The van der Waals surface area contributed by atoms with E-state index in [-0.39, 0.29) is 23.2 Å². The number of aromatic nitrogens is 2. The first kappa shape index (κ1) is 28.8. The van der Waals surface area contributed by atoms with Crippen molar-refractivity contribution in [3.63, 3.8) is 0 Å². The standard InChI is InChI=1S/C28H34ClN5O4/c1-6-7-10-15-32(27(36)20-14-13-19(2)23(16-20)34(37)38)18-26(35)30-25-17-24(28(3,4)5)31-33(25)22-12-9-8-11-21(22)29/h8-9,11-14,16-17H,6-7,10,15,18H2,1-5H3,(H,30,35). The van der Waals surface area contributed by atoms with Crippen LogP contribution in [0.2, 0.25) is 5.02 Å². The number of benzene rings is 2. The zero-order chi connectivity index (χ0) is 28.0. The molecular weight excluding hydrogens is 506 g/mol. The fourth-order valence-corrected chi connectivity index (χ4v) is 4.14. The Hall–Kier alpha value is -3.72. The number of nitrogens with zero attached hydrogens (tertiary/aromatic N) is 4. The van der Waals surface area contributed by atoms with E-state index in [2.05, 4.69) is 5.32 Å². The fourth-order valence-electron chi connectivity index (χ4n) is 3.93. The normalized spacial score (nSPS) is 11.3. The molecule has 9 nitrogen and oxygen atoms in total. The number of carbonyl (C=O) groups is 2. The van der Waals surface area contributed by atoms with Crippen molar-refractivity contribution in [3.05, 3.63) is 80.5 Å². The maximum atomic E-state index is 13.4. The number of hydrogen-bond acceptors (Lipinski definition) is 5. The van der Waals surface area contributed by atoms with Gasteiger partial charge in [0.05, 0.1) is 21.3 Å². The number of amides is 2. The summed E-state index contributed by atoms with van der Waals surface area (Å²) in [5.74, 6) is -0.417. The van der Waals surface area contributed by atoms with Crippen molar-refractivity contribution in [2.75, 3.05) is 18.4 Å². The average molecular weight is 540 g/mol. The summed E-state index contributed by atoms with van der Waals surface area (Å²) in [5, 5.41) is 19.5. The summed E-state index contributed by atoms with van der Waals surface area (Å²) in [6.45, 7) is 9.85. The van der Waals surface area contributed by atoms with E-state index < -0.39 is 16.7 Å². The minimum atomic E-state index is -0.511. The molecule has 0 radical (unpaired) electrons. The van der Waals surface area contributed by atoms with Crippen LogP contribution in [0.4, 0.5) is 11.5 Å². The summed E-state index contributed by atoms with van der Waals surface area (Å²) in [7, 11) is 0. The lowest BCUT2D eigenvalue weighted by atomic mass is 9.92. The van der Waals surface area contributed by atoms with E-state index in [1.807, 2.05) is 45.9 Å². The second kappa shape index (κ2) is 12.2. The quantitative estimate of drug-likeness (QED) is 0.184. The highest BCUT2D eigenvalue weighted by Gasteiger charge is 2.25. The highest BCUT2D eigenvalue weighted by Crippen LogP contribution is 2.29. The number of unbranched alkanes of at least 4 members (excludes halogenated alkanes) is 2. The Kier molecular flexibility index (Phi) is 9.27. The first-order valence-corrected chi connectivity index (χ1v) is 13.0. The largest absolute Gasteiger partial charge is 0.329 e. The number of rotatable bonds is 10. The number of nitro benzene ring substituents is 1. The number of para-hydroxylation sites is 1. The number of anilines is 1. The molecule has 0 saturated carbocycles. The Labute approximate surface area is 227 Å². The number of nitrogens with one attached hydrogen (secondary N) is 1. The highest BCUT2D eigenvalue weighted by molar-refractivity contribution is 6.32. The Bertz CT molecular complexity index is 1330. The van der Waals surface area contributed by atoms with Gasteiger partial charge in [0.15, 0.2) is 0 Å². The van der Waals surface area contributed by atoms with Gasteiger partial charge in [0, 0.05) is 35.2 Å². The maximum absolute atomic E-state index is 13.4. The molecule has 0 spiro atoms. The lowest BCUT2D eigenvalue weighted by Crippen LogP contribution is -2.39. The molecule has 3 rings (SSSR count). The van der Waals surface area contributed by atoms with E-state index in [0.29, 0.717) is 35.1 Å². The van der Waals surface area contributed by atoms with Gasteiger partial charge >= 0.3 is 0 Å². The van der Waals surface area contributed by atoms with E-state index >= 15 is 0 Å². The van der Waals surface area contributed by atoms with E-state index in [1.165, 1.54) is 11.0 Å². The molecule has 10 heteroatoms. The van der Waals surface area contributed by atoms with Crippen molar-refractivity contribution in [2.45, 2.75) is 59.3 Å². The van der Waals surface area contributed by atoms with Crippen LogP contribution in [0.5, 0.6) is 0 Å². The molecule has 0 bridgehead atoms. The molecule has 3 aromatic rings. The predicted octanol–water partition coefficient (Wildman–Crippen LogP) is 6.31. The minimum Gasteiger partial charge on any atom is -0.329 e. The molecule has 0 aliphatic rings. The van der Waals surface area contributed by atoms with Gasteiger partial charge in [-0.1, -0.05) is 70.3 Å². The third-order valence-corrected chi connectivity index (χ3v) is 6.45. The van der Waals surface area contributed by atoms with Crippen LogP contribution in [-0.4, -0.2) is 44.5 Å². The van der Waals surface area contributed by atoms with E-state index in [1.54, 1.807) is 35.9 Å². The predicted molar refractivity (Wildman–Crippen MR) is 149 cm³/mol. The van der Waals surface area contributed by atoms with Crippen LogP contribution >= 0.6 is 11.6 Å². The van der Waals surface area contributed by atoms with Gasteiger partial charge in [-0.2, -0.15) is 5.10 Å². The van der Waals surface area contributed by atoms with Crippen molar-refractivity contribution >= 4 is 34.9 Å². The van der Waals surface area contributed by atoms with Gasteiger partial charge in [0.2, 0.25) is 5.91 Å². The Balaban J connectivity index is 1.90. The van der Waals surface area contributed by atoms with Crippen LogP contribution in [0.15, 0.2) is 48.5 Å². The molecule has 1 N–H and O–H groups in total. The summed E-state index contributed by atoms with van der Waals surface area (Å²) in [4.78, 5) is 39.0. The summed E-state index contributed by atoms with van der Waals surface area (Å²) < 4.78 is 1.59. The van der Waals surface area contributed by atoms with E-state index in [4.69, 9.17) is 16.7 Å². The van der Waals surface area contributed by atoms with Gasteiger partial charge in [-0.25, -0.2) is 4.68 Å². The van der Waals surface area contributed by atoms with Gasteiger partial charge < -0.3 is 10.2 Å². The van der Waals surface area contributed by atoms with Gasteiger partial charge in [0.1, 0.15) is 12.4 Å². The zero-order valence-electron chi connectivity index (χ0n) is 22.5. The zero-order valence-corrected chi connectivity index (χ0v) is 23.2. The van der Waals surface area contributed by atoms with Crippen LogP contribution in [-0.2, 0) is 10.2 Å². The highest BCUT2D eigenvalue weighted by atomic mass is 35.5. The maximum Gasteiger partial charge on any atom is 0.273 e. The number of hydrogen-bond donors (Lipinski definition) is 1. The minimum absolute atomic E-state index is 0.132. The number of carbonyl (C=O) groups excluding carboxylic acids is 2. The molecule has 0 aliphatic carbocycles. The van der Waals surface area contributed by atoms with Crippen LogP contribution in [0, 0.1) is 17.0 Å². The second-order valence-electron chi connectivity index (χ2n) is 10.3. The summed E-state index contributed by atoms with van der Waals surface area (Å²) in [6, 6.07) is 13.4. The van der Waals surface area contributed by atoms with Gasteiger partial charge in [-0.15, -0.1) is 0 Å². The van der Waals surface area contributed by atoms with Crippen molar-refractivity contribution in [1.82, 2.24) is 14.7 Å². The molecule has 0 unspecified atom stereocenters. The van der Waals surface area contributed by atoms with E-state index in [9.17, 15) is 19.7 Å². The van der Waals surface area contributed by atoms with Gasteiger partial charge in [-0.05, 0) is 31.5 Å². The monoisotopic (exact) mass is 539 g/mol. The Morgan fingerprint density at radius 3 is 2.47 bits per heavy atom. The average Bonchev–Trinajstić information content (AvgIpc) is 3.27. The summed E-state index contributed by atoms with van der Waals surface area (Å²) >= 11 is 6.43. The van der Waals surface area contributed by atoms with Crippen LogP contribution < -0.4 is 5.32 Å². The van der Waals surface area contributed by atoms with Gasteiger partial charge in [0.25, 0.3) is 11.6 Å². The van der Waals surface area contributed by atoms with Gasteiger partial charge in [-0.3, -0.25) is 19.7 Å². The second-order valence-corrected chi connectivity index (χ2v) is 10.7. The van der Waals surface area contributed by atoms with Crippen molar-refractivity contribution in [1.29, 1.82) is 0 Å². The molecule has 0 atom stereocenters. The van der Waals surface area contributed by atoms with Crippen LogP contribution in [0.3, 0.4) is 0 Å². The number of aryl methyl sites for hydroxylation is 1. The van der Waals surface area contributed by atoms with Crippen molar-refractivity contribution < 1.29 is 14.5 Å². The lowest BCUT2D eigenvalue weighted by molar-refractivity contribution is -0.385. The fraction of sp³-hybridized carbons (Fsp3) is 0.393. The third-order valence-electron chi connectivity index (χ3n) is 6.13. The first-order valence-electron chi connectivity index (χ1n) is 12.6. The third kappa shape index (κ3) is 6.98. The van der Waals surface area contributed by atoms with Crippen LogP contribution in [0.1, 0.15) is 68.6 Å². The Morgan fingerprint density at radius 1 is 1.13 bits per heavy atom. The van der Waals surface area contributed by atoms with Crippen molar-refractivity contribution in [2.24, 2.45) is 0 Å². The van der Waals surface area contributed by atoms with Crippen molar-refractivity contribution in [3.8, 4) is 5.69 Å². The molecular formula is C28H34ClN5O4. The molecule has 38 heavy (non-hydrogen) atoms. The summed E-state index contributed by atoms with van der Waals surface area (Å²) in [6.07, 6.45) is 2.53. The molecule has 2 aromatic carbocycles. The number of nitro groups is 1. The molecule has 0 aliphatic heterocycles. The Morgan fingerprint density at radius 2 is 1.84 bits per heavy atom. The summed E-state index contributed by atoms with van der Waals surface area (Å²) in [5.41, 5.74) is 1.59. The van der Waals surface area contributed by atoms with E-state index in [0.717, 1.165) is 18.5 Å². The molecule has 0 fully saturated rings. The number of halogens is 1. The molecule has 1 heterocycles. The molecule has 2 amide bonds. The smallest absolute Gasteiger partial charge is 0.273 e.